The molecule has 0 atom stereocenters. The molecule has 0 saturated carbocycles. The van der Waals surface area contributed by atoms with E-state index in [0.29, 0.717) is 40.1 Å². The molecule has 2 N–H and O–H groups in total. The van der Waals surface area contributed by atoms with Crippen LogP contribution in [0.4, 0.5) is 11.5 Å². The number of aromatic nitrogens is 2. The summed E-state index contributed by atoms with van der Waals surface area (Å²) < 4.78 is 10.6. The van der Waals surface area contributed by atoms with Crippen molar-refractivity contribution in [3.8, 4) is 11.5 Å². The first kappa shape index (κ1) is 19.4. The third kappa shape index (κ3) is 4.69. The highest BCUT2D eigenvalue weighted by Gasteiger charge is 2.12. The lowest BCUT2D eigenvalue weighted by atomic mass is 10.2. The molecule has 0 aliphatic carbocycles. The Morgan fingerprint density at radius 3 is 2.64 bits per heavy atom. The maximum absolute atomic E-state index is 12.4. The summed E-state index contributed by atoms with van der Waals surface area (Å²) in [7, 11) is 3.07. The van der Waals surface area contributed by atoms with E-state index in [9.17, 15) is 4.79 Å². The molecule has 2 aromatic heterocycles. The summed E-state index contributed by atoms with van der Waals surface area (Å²) in [5.74, 6) is 1.29. The highest BCUT2D eigenvalue weighted by molar-refractivity contribution is 6.32. The monoisotopic (exact) mass is 398 g/mol. The number of hydrogen-bond donors (Lipinski definition) is 2. The van der Waals surface area contributed by atoms with E-state index in [1.807, 2.05) is 12.1 Å². The minimum absolute atomic E-state index is 0.213. The van der Waals surface area contributed by atoms with Crippen LogP contribution in [-0.2, 0) is 6.54 Å². The number of pyridine rings is 2. The number of nitrogens with zero attached hydrogens (tertiary/aromatic N) is 2. The summed E-state index contributed by atoms with van der Waals surface area (Å²) in [6.07, 6.45) is 4.95. The van der Waals surface area contributed by atoms with E-state index in [-0.39, 0.29) is 5.91 Å². The minimum atomic E-state index is -0.213. The van der Waals surface area contributed by atoms with Gasteiger partial charge in [0.1, 0.15) is 17.3 Å². The van der Waals surface area contributed by atoms with Gasteiger partial charge in [0.2, 0.25) is 0 Å². The molecule has 8 heteroatoms. The van der Waals surface area contributed by atoms with E-state index >= 15 is 0 Å². The number of carbonyl (C=O) groups excluding carboxylic acids is 1. The molecular weight excluding hydrogens is 380 g/mol. The molecule has 0 aliphatic rings. The quantitative estimate of drug-likeness (QED) is 0.629. The second kappa shape index (κ2) is 9.05. The van der Waals surface area contributed by atoms with Crippen molar-refractivity contribution in [1.82, 2.24) is 15.3 Å². The van der Waals surface area contributed by atoms with Crippen LogP contribution in [0.25, 0.3) is 0 Å². The van der Waals surface area contributed by atoms with E-state index in [1.165, 1.54) is 7.11 Å². The summed E-state index contributed by atoms with van der Waals surface area (Å²) in [4.78, 5) is 20.7. The van der Waals surface area contributed by atoms with Crippen molar-refractivity contribution < 1.29 is 14.3 Å². The molecule has 0 bridgehead atoms. The van der Waals surface area contributed by atoms with Gasteiger partial charge in [0.25, 0.3) is 5.91 Å². The third-order valence-electron chi connectivity index (χ3n) is 3.93. The molecule has 0 fully saturated rings. The van der Waals surface area contributed by atoms with Crippen molar-refractivity contribution in [2.24, 2.45) is 0 Å². The lowest BCUT2D eigenvalue weighted by molar-refractivity contribution is 0.0951. The van der Waals surface area contributed by atoms with Crippen LogP contribution < -0.4 is 20.1 Å². The number of amides is 1. The molecule has 0 aliphatic heterocycles. The minimum Gasteiger partial charge on any atom is -0.495 e. The summed E-state index contributed by atoms with van der Waals surface area (Å²) >= 11 is 6.13. The highest BCUT2D eigenvalue weighted by Crippen LogP contribution is 2.37. The zero-order valence-electron chi connectivity index (χ0n) is 15.4. The summed E-state index contributed by atoms with van der Waals surface area (Å²) in [5, 5.41) is 6.42. The number of benzene rings is 1. The average molecular weight is 399 g/mol. The molecule has 2 heterocycles. The number of hydrogen-bond acceptors (Lipinski definition) is 6. The Labute approximate surface area is 167 Å². The molecule has 3 aromatic rings. The number of nitrogens with one attached hydrogen (secondary N) is 2. The SMILES string of the molecule is COc1cc(Nc2cc(C(=O)NCc3cccnc3)ccn2)c(OC)cc1Cl. The Morgan fingerprint density at radius 2 is 1.93 bits per heavy atom. The molecule has 7 nitrogen and oxygen atoms in total. The average Bonchev–Trinajstić information content (AvgIpc) is 2.73. The van der Waals surface area contributed by atoms with Gasteiger partial charge in [0.05, 0.1) is 24.9 Å². The van der Waals surface area contributed by atoms with Crippen molar-refractivity contribution in [2.45, 2.75) is 6.54 Å². The summed E-state index contributed by atoms with van der Waals surface area (Å²) in [6.45, 7) is 0.389. The predicted octanol–water partition coefficient (Wildman–Crippen LogP) is 3.82. The van der Waals surface area contributed by atoms with Gasteiger partial charge < -0.3 is 20.1 Å². The molecule has 144 valence electrons. The van der Waals surface area contributed by atoms with E-state index in [1.54, 1.807) is 50.0 Å². The zero-order valence-corrected chi connectivity index (χ0v) is 16.2. The molecule has 0 unspecified atom stereocenters. The van der Waals surface area contributed by atoms with Crippen LogP contribution in [0.5, 0.6) is 11.5 Å². The van der Waals surface area contributed by atoms with Gasteiger partial charge in [-0.05, 0) is 23.8 Å². The van der Waals surface area contributed by atoms with Crippen LogP contribution in [0.2, 0.25) is 5.02 Å². The van der Waals surface area contributed by atoms with Gasteiger partial charge in [-0.2, -0.15) is 0 Å². The Bertz CT molecular complexity index is 967. The van der Waals surface area contributed by atoms with Gasteiger partial charge in [-0.15, -0.1) is 0 Å². The van der Waals surface area contributed by atoms with Crippen LogP contribution in [0.1, 0.15) is 15.9 Å². The largest absolute Gasteiger partial charge is 0.495 e. The predicted molar refractivity (Wildman–Crippen MR) is 107 cm³/mol. The number of halogens is 1. The molecule has 0 spiro atoms. The van der Waals surface area contributed by atoms with E-state index in [0.717, 1.165) is 5.56 Å². The Morgan fingerprint density at radius 1 is 1.11 bits per heavy atom. The van der Waals surface area contributed by atoms with Crippen molar-refractivity contribution in [2.75, 3.05) is 19.5 Å². The summed E-state index contributed by atoms with van der Waals surface area (Å²) in [6, 6.07) is 10.4. The fourth-order valence-corrected chi connectivity index (χ4v) is 2.75. The Kier molecular flexibility index (Phi) is 6.29. The van der Waals surface area contributed by atoms with Crippen LogP contribution in [0.15, 0.2) is 55.0 Å². The number of anilines is 2. The normalized spacial score (nSPS) is 10.2. The van der Waals surface area contributed by atoms with Gasteiger partial charge in [-0.25, -0.2) is 4.98 Å². The fraction of sp³-hybridized carbons (Fsp3) is 0.150. The zero-order chi connectivity index (χ0) is 19.9. The van der Waals surface area contributed by atoms with Crippen LogP contribution in [0, 0.1) is 0 Å². The Balaban J connectivity index is 1.75. The lowest BCUT2D eigenvalue weighted by Crippen LogP contribution is -2.23. The first-order valence-electron chi connectivity index (χ1n) is 8.42. The topological polar surface area (TPSA) is 85.4 Å². The van der Waals surface area contributed by atoms with Crippen LogP contribution in [0.3, 0.4) is 0 Å². The standard InChI is InChI=1S/C20H19ClN4O3/c1-27-17-10-16(18(28-2)9-15(17)21)25-19-8-14(5-7-23-19)20(26)24-12-13-4-3-6-22-11-13/h3-11H,12H2,1-2H3,(H,23,25)(H,24,26). The lowest BCUT2D eigenvalue weighted by Gasteiger charge is -2.14. The molecule has 1 aromatic carbocycles. The third-order valence-corrected chi connectivity index (χ3v) is 4.23. The van der Waals surface area contributed by atoms with Gasteiger partial charge in [-0.1, -0.05) is 17.7 Å². The summed E-state index contributed by atoms with van der Waals surface area (Å²) in [5.41, 5.74) is 2.01. The number of methoxy groups -OCH3 is 2. The molecule has 0 radical (unpaired) electrons. The fourth-order valence-electron chi connectivity index (χ4n) is 2.52. The van der Waals surface area contributed by atoms with Gasteiger partial charge >= 0.3 is 0 Å². The maximum atomic E-state index is 12.4. The highest BCUT2D eigenvalue weighted by atomic mass is 35.5. The van der Waals surface area contributed by atoms with Crippen molar-refractivity contribution in [1.29, 1.82) is 0 Å². The van der Waals surface area contributed by atoms with Gasteiger partial charge in [0.15, 0.2) is 0 Å². The smallest absolute Gasteiger partial charge is 0.251 e. The molecule has 0 saturated heterocycles. The first-order valence-corrected chi connectivity index (χ1v) is 8.80. The molecular formula is C20H19ClN4O3. The van der Waals surface area contributed by atoms with Gasteiger partial charge in [-0.3, -0.25) is 9.78 Å². The molecule has 1 amide bonds. The molecule has 28 heavy (non-hydrogen) atoms. The number of carbonyl (C=O) groups is 1. The van der Waals surface area contributed by atoms with Crippen molar-refractivity contribution >= 4 is 29.0 Å². The first-order chi connectivity index (χ1) is 13.6. The molecule has 3 rings (SSSR count). The second-order valence-electron chi connectivity index (χ2n) is 5.79. The van der Waals surface area contributed by atoms with E-state index < -0.39 is 0 Å². The van der Waals surface area contributed by atoms with Crippen molar-refractivity contribution in [3.05, 3.63) is 71.1 Å². The number of rotatable bonds is 7. The van der Waals surface area contributed by atoms with Crippen molar-refractivity contribution in [3.63, 3.8) is 0 Å². The maximum Gasteiger partial charge on any atom is 0.251 e. The number of ether oxygens (including phenoxy) is 2. The second-order valence-corrected chi connectivity index (χ2v) is 6.19. The van der Waals surface area contributed by atoms with Crippen LogP contribution in [-0.4, -0.2) is 30.1 Å². The van der Waals surface area contributed by atoms with Crippen LogP contribution >= 0.6 is 11.6 Å². The van der Waals surface area contributed by atoms with E-state index in [2.05, 4.69) is 20.6 Å². The Hall–Kier alpha value is -3.32. The van der Waals surface area contributed by atoms with Gasteiger partial charge in [0, 0.05) is 42.8 Å². The van der Waals surface area contributed by atoms with E-state index in [4.69, 9.17) is 21.1 Å².